The van der Waals surface area contributed by atoms with E-state index in [2.05, 4.69) is 9.97 Å². The molecule has 1 unspecified atom stereocenters. The Morgan fingerprint density at radius 3 is 2.53 bits per heavy atom. The number of aromatic amines is 1. The summed E-state index contributed by atoms with van der Waals surface area (Å²) in [5, 5.41) is 0.252. The van der Waals surface area contributed by atoms with Crippen molar-refractivity contribution in [2.45, 2.75) is 10.9 Å². The number of H-pyrrole nitrogens is 1. The number of nitrogens with one attached hydrogen (secondary N) is 1. The van der Waals surface area contributed by atoms with Gasteiger partial charge in [-0.2, -0.15) is 0 Å². The number of carbonyl (C=O) groups is 1. The van der Waals surface area contributed by atoms with Gasteiger partial charge in [-0.15, -0.1) is 0 Å². The molecule has 4 aromatic rings. The van der Waals surface area contributed by atoms with Crippen molar-refractivity contribution in [1.29, 1.82) is 0 Å². The number of halogens is 1. The largest absolute Gasteiger partial charge is 0.377 e. The van der Waals surface area contributed by atoms with Gasteiger partial charge in [0.05, 0.1) is 27.6 Å². The molecule has 0 bridgehead atoms. The average molecular weight is 421 g/mol. The van der Waals surface area contributed by atoms with Gasteiger partial charge in [0.1, 0.15) is 5.82 Å². The second kappa shape index (κ2) is 8.20. The molecular formula is C23H20FN3O2S. The molecule has 0 amide bonds. The van der Waals surface area contributed by atoms with Crippen LogP contribution in [0.5, 0.6) is 0 Å². The molecule has 152 valence electrons. The third-order valence-electron chi connectivity index (χ3n) is 4.83. The molecule has 1 N–H and O–H groups in total. The normalized spacial score (nSPS) is 12.1. The fraction of sp³-hybridized carbons (Fsp3) is 0.130. The van der Waals surface area contributed by atoms with Crippen molar-refractivity contribution < 1.29 is 13.4 Å². The zero-order chi connectivity index (χ0) is 21.3. The van der Waals surface area contributed by atoms with E-state index in [4.69, 9.17) is 0 Å². The number of benzene rings is 3. The van der Waals surface area contributed by atoms with Crippen LogP contribution in [-0.4, -0.2) is 34.1 Å². The zero-order valence-electron chi connectivity index (χ0n) is 16.6. The van der Waals surface area contributed by atoms with Crippen LogP contribution in [0.4, 0.5) is 10.1 Å². The number of ketones is 1. The summed E-state index contributed by atoms with van der Waals surface area (Å²) in [4.78, 5) is 21.9. The summed E-state index contributed by atoms with van der Waals surface area (Å²) < 4.78 is 27.3. The van der Waals surface area contributed by atoms with Gasteiger partial charge < -0.3 is 9.88 Å². The van der Waals surface area contributed by atoms with E-state index in [1.54, 1.807) is 47.4 Å². The van der Waals surface area contributed by atoms with Crippen molar-refractivity contribution in [1.82, 2.24) is 9.97 Å². The zero-order valence-corrected chi connectivity index (χ0v) is 17.4. The van der Waals surface area contributed by atoms with Crippen LogP contribution in [-0.2, 0) is 16.6 Å². The fourth-order valence-electron chi connectivity index (χ4n) is 3.30. The summed E-state index contributed by atoms with van der Waals surface area (Å²) in [6, 6.07) is 18.9. The van der Waals surface area contributed by atoms with Crippen LogP contribution >= 0.6 is 0 Å². The monoisotopic (exact) mass is 421 g/mol. The van der Waals surface area contributed by atoms with E-state index < -0.39 is 16.6 Å². The molecule has 1 heterocycles. The lowest BCUT2D eigenvalue weighted by Crippen LogP contribution is -2.13. The first-order valence-corrected chi connectivity index (χ1v) is 10.7. The summed E-state index contributed by atoms with van der Waals surface area (Å²) in [5.74, 6) is -0.506. The summed E-state index contributed by atoms with van der Waals surface area (Å²) in [6.07, 6.45) is 0. The molecule has 1 aromatic heterocycles. The molecule has 0 radical (unpaired) electrons. The molecule has 30 heavy (non-hydrogen) atoms. The topological polar surface area (TPSA) is 66.1 Å². The number of hydrogen-bond acceptors (Lipinski definition) is 4. The van der Waals surface area contributed by atoms with E-state index in [0.717, 1.165) is 0 Å². The van der Waals surface area contributed by atoms with Crippen LogP contribution in [0.1, 0.15) is 21.5 Å². The maximum Gasteiger partial charge on any atom is 0.197 e. The van der Waals surface area contributed by atoms with Crippen molar-refractivity contribution in [2.75, 3.05) is 19.0 Å². The Kier molecular flexibility index (Phi) is 5.46. The minimum atomic E-state index is -1.58. The van der Waals surface area contributed by atoms with Crippen LogP contribution in [0.3, 0.4) is 0 Å². The van der Waals surface area contributed by atoms with Crippen LogP contribution in [0.15, 0.2) is 71.9 Å². The number of fused-ring (bicyclic) bond motifs is 1. The minimum absolute atomic E-state index is 0.00416. The first-order valence-electron chi connectivity index (χ1n) is 9.36. The summed E-state index contributed by atoms with van der Waals surface area (Å²) >= 11 is 0. The molecule has 0 saturated carbocycles. The Balaban J connectivity index is 1.63. The number of rotatable bonds is 6. The van der Waals surface area contributed by atoms with Crippen LogP contribution in [0.25, 0.3) is 11.0 Å². The summed E-state index contributed by atoms with van der Waals surface area (Å²) in [5.41, 5.74) is 3.37. The highest BCUT2D eigenvalue weighted by molar-refractivity contribution is 7.84. The third kappa shape index (κ3) is 3.89. The number of aromatic nitrogens is 2. The molecule has 0 aliphatic heterocycles. The maximum absolute atomic E-state index is 14.4. The van der Waals surface area contributed by atoms with Crippen molar-refractivity contribution in [3.63, 3.8) is 0 Å². The molecule has 0 spiro atoms. The van der Waals surface area contributed by atoms with Gasteiger partial charge in [-0.3, -0.25) is 9.00 Å². The number of hydrogen-bond donors (Lipinski definition) is 1. The van der Waals surface area contributed by atoms with Gasteiger partial charge in [-0.25, -0.2) is 9.37 Å². The Labute approximate surface area is 176 Å². The standard InChI is InChI=1S/C23H20FN3O2S/c1-27(2)21-10-6-9-18(24)17(21)14-30(29)23-25-19-12-11-16(13-20(19)26-23)22(28)15-7-4-3-5-8-15/h3-13H,14H2,1-2H3,(H,25,26). The van der Waals surface area contributed by atoms with Gasteiger partial charge in [0.25, 0.3) is 0 Å². The Bertz CT molecular complexity index is 1250. The van der Waals surface area contributed by atoms with E-state index in [-0.39, 0.29) is 16.7 Å². The predicted octanol–water partition coefficient (Wildman–Crippen LogP) is 4.31. The number of carbonyl (C=O) groups excluding carboxylic acids is 1. The molecule has 7 heteroatoms. The minimum Gasteiger partial charge on any atom is -0.377 e. The molecule has 0 aliphatic rings. The molecule has 0 fully saturated rings. The number of imidazole rings is 1. The second-order valence-corrected chi connectivity index (χ2v) is 8.46. The quantitative estimate of drug-likeness (QED) is 0.471. The van der Waals surface area contributed by atoms with Crippen molar-refractivity contribution in [2.24, 2.45) is 0 Å². The first kappa shape index (κ1) is 20.0. The lowest BCUT2D eigenvalue weighted by Gasteiger charge is -2.17. The van der Waals surface area contributed by atoms with Crippen LogP contribution in [0, 0.1) is 5.82 Å². The Morgan fingerprint density at radius 1 is 1.03 bits per heavy atom. The second-order valence-electron chi connectivity index (χ2n) is 7.09. The van der Waals surface area contributed by atoms with E-state index in [1.165, 1.54) is 6.07 Å². The van der Waals surface area contributed by atoms with Gasteiger partial charge in [0.15, 0.2) is 10.9 Å². The Morgan fingerprint density at radius 2 is 1.80 bits per heavy atom. The van der Waals surface area contributed by atoms with Gasteiger partial charge >= 0.3 is 0 Å². The SMILES string of the molecule is CN(C)c1cccc(F)c1CS(=O)c1nc2ccc(C(=O)c3ccccc3)cc2[nH]1. The Hall–Kier alpha value is -3.32. The highest BCUT2D eigenvalue weighted by Gasteiger charge is 2.18. The molecule has 0 aliphatic carbocycles. The highest BCUT2D eigenvalue weighted by Crippen LogP contribution is 2.25. The van der Waals surface area contributed by atoms with Crippen LogP contribution < -0.4 is 4.90 Å². The van der Waals surface area contributed by atoms with E-state index in [0.29, 0.717) is 33.4 Å². The van der Waals surface area contributed by atoms with Crippen molar-refractivity contribution in [3.05, 3.63) is 89.2 Å². The van der Waals surface area contributed by atoms with Crippen molar-refractivity contribution >= 4 is 33.3 Å². The number of anilines is 1. The molecule has 4 rings (SSSR count). The predicted molar refractivity (Wildman–Crippen MR) is 117 cm³/mol. The van der Waals surface area contributed by atoms with Crippen LogP contribution in [0.2, 0.25) is 0 Å². The van der Waals surface area contributed by atoms with E-state index >= 15 is 0 Å². The highest BCUT2D eigenvalue weighted by atomic mass is 32.2. The summed E-state index contributed by atoms with van der Waals surface area (Å²) in [6.45, 7) is 0. The molecule has 0 saturated heterocycles. The van der Waals surface area contributed by atoms with E-state index in [1.807, 2.05) is 32.3 Å². The van der Waals surface area contributed by atoms with Gasteiger partial charge in [0.2, 0.25) is 0 Å². The number of nitrogens with zero attached hydrogens (tertiary/aromatic N) is 2. The lowest BCUT2D eigenvalue weighted by molar-refractivity contribution is 0.103. The third-order valence-corrected chi connectivity index (χ3v) is 6.00. The first-order chi connectivity index (χ1) is 14.4. The molecule has 5 nitrogen and oxygen atoms in total. The van der Waals surface area contributed by atoms with Crippen molar-refractivity contribution in [3.8, 4) is 0 Å². The average Bonchev–Trinajstić information content (AvgIpc) is 3.18. The maximum atomic E-state index is 14.4. The molecular weight excluding hydrogens is 401 g/mol. The van der Waals surface area contributed by atoms with Gasteiger partial charge in [-0.1, -0.05) is 36.4 Å². The molecule has 1 atom stereocenters. The summed E-state index contributed by atoms with van der Waals surface area (Å²) in [7, 11) is 2.05. The van der Waals surface area contributed by atoms with E-state index in [9.17, 15) is 13.4 Å². The molecule has 3 aromatic carbocycles. The fourth-order valence-corrected chi connectivity index (χ4v) is 4.41. The van der Waals surface area contributed by atoms with Gasteiger partial charge in [-0.05, 0) is 30.3 Å². The van der Waals surface area contributed by atoms with Gasteiger partial charge in [0, 0.05) is 36.5 Å². The lowest BCUT2D eigenvalue weighted by atomic mass is 10.0. The smallest absolute Gasteiger partial charge is 0.197 e.